The lowest BCUT2D eigenvalue weighted by Crippen LogP contribution is -2.31. The minimum atomic E-state index is -1.43. The van der Waals surface area contributed by atoms with E-state index < -0.39 is 28.8 Å². The third-order valence-corrected chi connectivity index (χ3v) is 3.61. The van der Waals surface area contributed by atoms with Crippen molar-refractivity contribution in [3.8, 4) is 0 Å². The Morgan fingerprint density at radius 1 is 1.17 bits per heavy atom. The molecule has 0 aliphatic heterocycles. The van der Waals surface area contributed by atoms with E-state index in [1.165, 1.54) is 0 Å². The Labute approximate surface area is 142 Å². The van der Waals surface area contributed by atoms with Crippen molar-refractivity contribution in [2.24, 2.45) is 0 Å². The van der Waals surface area contributed by atoms with E-state index in [1.54, 1.807) is 12.3 Å². The van der Waals surface area contributed by atoms with Gasteiger partial charge in [0.2, 0.25) is 0 Å². The summed E-state index contributed by atoms with van der Waals surface area (Å²) in [6.07, 6.45) is 2.08. The molecule has 0 spiro atoms. The molecule has 0 bridgehead atoms. The highest BCUT2D eigenvalue weighted by molar-refractivity contribution is 7.80. The Balaban J connectivity index is 1.96. The summed E-state index contributed by atoms with van der Waals surface area (Å²) in [5.74, 6) is -5.07. The van der Waals surface area contributed by atoms with Crippen molar-refractivity contribution in [3.05, 3.63) is 58.8 Å². The summed E-state index contributed by atoms with van der Waals surface area (Å²) in [6, 6.07) is 3.86. The molecule has 0 aliphatic rings. The summed E-state index contributed by atoms with van der Waals surface area (Å²) in [4.78, 5) is 4.15. The number of nitrogens with zero attached hydrogens (tertiary/aromatic N) is 1. The van der Waals surface area contributed by atoms with Crippen LogP contribution in [0.4, 0.5) is 23.4 Å². The van der Waals surface area contributed by atoms with Crippen molar-refractivity contribution >= 4 is 23.1 Å². The zero-order valence-corrected chi connectivity index (χ0v) is 13.6. The number of thiocarbonyl (C=S) groups is 1. The number of hydrogen-bond acceptors (Lipinski definition) is 2. The van der Waals surface area contributed by atoms with Gasteiger partial charge in [-0.05, 0) is 36.7 Å². The van der Waals surface area contributed by atoms with E-state index >= 15 is 0 Å². The minimum Gasteiger partial charge on any atom is -0.362 e. The summed E-state index contributed by atoms with van der Waals surface area (Å²) in [5.41, 5.74) is 0.292. The topological polar surface area (TPSA) is 37.0 Å². The van der Waals surface area contributed by atoms with Crippen LogP contribution in [0.1, 0.15) is 18.1 Å². The van der Waals surface area contributed by atoms with Crippen LogP contribution in [0.25, 0.3) is 0 Å². The number of anilines is 1. The van der Waals surface area contributed by atoms with E-state index in [9.17, 15) is 17.6 Å². The molecule has 2 N–H and O–H groups in total. The Morgan fingerprint density at radius 2 is 1.83 bits per heavy atom. The second-order valence-corrected chi connectivity index (χ2v) is 5.35. The third-order valence-electron chi connectivity index (χ3n) is 3.37. The molecule has 1 heterocycles. The maximum Gasteiger partial charge on any atom is 0.171 e. The van der Waals surface area contributed by atoms with Crippen molar-refractivity contribution in [2.75, 3.05) is 11.9 Å². The highest BCUT2D eigenvalue weighted by Crippen LogP contribution is 2.19. The number of halogens is 4. The van der Waals surface area contributed by atoms with Crippen molar-refractivity contribution in [2.45, 2.75) is 19.8 Å². The molecule has 0 amide bonds. The molecule has 3 nitrogen and oxygen atoms in total. The fourth-order valence-corrected chi connectivity index (χ4v) is 2.33. The lowest BCUT2D eigenvalue weighted by atomic mass is 10.1. The molecule has 8 heteroatoms. The molecule has 2 aromatic rings. The van der Waals surface area contributed by atoms with Crippen LogP contribution in [0.15, 0.2) is 24.4 Å². The van der Waals surface area contributed by atoms with Gasteiger partial charge in [-0.25, -0.2) is 22.5 Å². The first kappa shape index (κ1) is 18.1. The van der Waals surface area contributed by atoms with Crippen LogP contribution in [0.2, 0.25) is 0 Å². The van der Waals surface area contributed by atoms with Crippen LogP contribution in [0, 0.1) is 23.3 Å². The Morgan fingerprint density at radius 3 is 2.46 bits per heavy atom. The molecule has 0 fully saturated rings. The maximum absolute atomic E-state index is 13.5. The molecule has 0 aliphatic carbocycles. The van der Waals surface area contributed by atoms with Crippen molar-refractivity contribution in [1.82, 2.24) is 10.3 Å². The summed E-state index contributed by atoms with van der Waals surface area (Å²) >= 11 is 5.08. The van der Waals surface area contributed by atoms with Gasteiger partial charge in [0.25, 0.3) is 0 Å². The molecular weight excluding hydrogens is 342 g/mol. The molecule has 2 rings (SSSR count). The van der Waals surface area contributed by atoms with Crippen LogP contribution in [0.5, 0.6) is 0 Å². The lowest BCUT2D eigenvalue weighted by Gasteiger charge is -2.13. The summed E-state index contributed by atoms with van der Waals surface area (Å²) in [5, 5.41) is 5.80. The number of nitrogens with one attached hydrogen (secondary N) is 2. The second kappa shape index (κ2) is 8.05. The lowest BCUT2D eigenvalue weighted by molar-refractivity contribution is 0.438. The molecular formula is C16H15F4N3S. The van der Waals surface area contributed by atoms with Crippen molar-refractivity contribution < 1.29 is 17.6 Å². The van der Waals surface area contributed by atoms with Gasteiger partial charge in [-0.3, -0.25) is 0 Å². The minimum absolute atomic E-state index is 0.00312. The van der Waals surface area contributed by atoms with Crippen LogP contribution in [-0.4, -0.2) is 16.6 Å². The van der Waals surface area contributed by atoms with E-state index in [-0.39, 0.29) is 24.1 Å². The molecule has 0 atom stereocenters. The van der Waals surface area contributed by atoms with Gasteiger partial charge in [-0.15, -0.1) is 0 Å². The molecule has 1 aromatic heterocycles. The molecule has 1 aromatic carbocycles. The Hall–Kier alpha value is -2.22. The smallest absolute Gasteiger partial charge is 0.171 e. The molecule has 128 valence electrons. The first-order valence-electron chi connectivity index (χ1n) is 7.24. The zero-order valence-electron chi connectivity index (χ0n) is 12.8. The average Bonchev–Trinajstić information content (AvgIpc) is 2.56. The molecule has 0 saturated carbocycles. The Bertz CT molecular complexity index is 726. The van der Waals surface area contributed by atoms with Crippen LogP contribution < -0.4 is 10.6 Å². The van der Waals surface area contributed by atoms with E-state index in [4.69, 9.17) is 12.2 Å². The third kappa shape index (κ3) is 4.19. The van der Waals surface area contributed by atoms with E-state index in [0.29, 0.717) is 5.82 Å². The number of benzene rings is 1. The van der Waals surface area contributed by atoms with Gasteiger partial charge in [0.15, 0.2) is 28.4 Å². The second-order valence-electron chi connectivity index (χ2n) is 4.94. The van der Waals surface area contributed by atoms with Crippen LogP contribution in [-0.2, 0) is 12.8 Å². The number of rotatable bonds is 5. The fourth-order valence-electron chi connectivity index (χ4n) is 2.13. The van der Waals surface area contributed by atoms with Gasteiger partial charge in [-0.2, -0.15) is 0 Å². The zero-order chi connectivity index (χ0) is 17.7. The van der Waals surface area contributed by atoms with Gasteiger partial charge in [0.1, 0.15) is 5.82 Å². The van der Waals surface area contributed by atoms with E-state index in [2.05, 4.69) is 15.6 Å². The monoisotopic (exact) mass is 357 g/mol. The highest BCUT2D eigenvalue weighted by Gasteiger charge is 2.18. The van der Waals surface area contributed by atoms with Gasteiger partial charge < -0.3 is 10.6 Å². The molecule has 24 heavy (non-hydrogen) atoms. The van der Waals surface area contributed by atoms with Crippen molar-refractivity contribution in [1.29, 1.82) is 0 Å². The number of aromatic nitrogens is 1. The highest BCUT2D eigenvalue weighted by atomic mass is 32.1. The fraction of sp³-hybridized carbons (Fsp3) is 0.250. The van der Waals surface area contributed by atoms with Gasteiger partial charge in [0, 0.05) is 24.4 Å². The number of hydrogen-bond donors (Lipinski definition) is 2. The summed E-state index contributed by atoms with van der Waals surface area (Å²) < 4.78 is 53.3. The largest absolute Gasteiger partial charge is 0.362 e. The quantitative estimate of drug-likeness (QED) is 0.486. The molecule has 0 unspecified atom stereocenters. The summed E-state index contributed by atoms with van der Waals surface area (Å²) in [7, 11) is 0. The number of pyridine rings is 1. The predicted molar refractivity (Wildman–Crippen MR) is 87.8 cm³/mol. The normalized spacial score (nSPS) is 10.5. The van der Waals surface area contributed by atoms with Crippen molar-refractivity contribution in [3.63, 3.8) is 0 Å². The van der Waals surface area contributed by atoms with E-state index in [1.807, 2.05) is 13.0 Å². The average molecular weight is 357 g/mol. The van der Waals surface area contributed by atoms with Crippen LogP contribution in [0.3, 0.4) is 0 Å². The van der Waals surface area contributed by atoms with Gasteiger partial charge in [-0.1, -0.05) is 13.0 Å². The summed E-state index contributed by atoms with van der Waals surface area (Å²) in [6.45, 7) is 1.96. The first-order valence-corrected chi connectivity index (χ1v) is 7.65. The molecule has 0 saturated heterocycles. The molecule has 0 radical (unpaired) electrons. The standard InChI is InChI=1S/C16H15F4N3S/c1-2-9-4-3-6-21-15(9)23-16(24)22-7-5-10-13(19)11(17)8-12(18)14(10)20/h3-4,6,8H,2,5,7H2,1H3,(H2,21,22,23,24). The van der Waals surface area contributed by atoms with Gasteiger partial charge in [0.05, 0.1) is 0 Å². The predicted octanol–water partition coefficient (Wildman–Crippen LogP) is 3.73. The van der Waals surface area contributed by atoms with Crippen LogP contribution >= 0.6 is 12.2 Å². The van der Waals surface area contributed by atoms with Gasteiger partial charge >= 0.3 is 0 Å². The number of aryl methyl sites for hydroxylation is 1. The van der Waals surface area contributed by atoms with E-state index in [0.717, 1.165) is 12.0 Å². The SMILES string of the molecule is CCc1cccnc1NC(=S)NCCc1c(F)c(F)cc(F)c1F. The maximum atomic E-state index is 13.5. The Kier molecular flexibility index (Phi) is 6.08. The first-order chi connectivity index (χ1) is 11.4.